The lowest BCUT2D eigenvalue weighted by molar-refractivity contribution is 0.423. The van der Waals surface area contributed by atoms with Gasteiger partial charge in [-0.05, 0) is 6.92 Å². The van der Waals surface area contributed by atoms with E-state index < -0.39 is 0 Å². The Labute approximate surface area is 77.6 Å². The van der Waals surface area contributed by atoms with Crippen LogP contribution in [0.2, 0.25) is 0 Å². The molecule has 1 heterocycles. The zero-order chi connectivity index (χ0) is 9.35. The van der Waals surface area contributed by atoms with Crippen LogP contribution in [0.25, 0.3) is 0 Å². The summed E-state index contributed by atoms with van der Waals surface area (Å²) in [5, 5.41) is 2.07. The lowest BCUT2D eigenvalue weighted by Crippen LogP contribution is -2.10. The fourth-order valence-corrected chi connectivity index (χ4v) is 1.83. The summed E-state index contributed by atoms with van der Waals surface area (Å²) in [5.74, 6) is 0. The van der Waals surface area contributed by atoms with Gasteiger partial charge >= 0.3 is 0 Å². The molecular formula is C9H15NOS. The van der Waals surface area contributed by atoms with Gasteiger partial charge in [0.25, 0.3) is 0 Å². The molecule has 0 aliphatic carbocycles. The number of hydrogen-bond acceptors (Lipinski definition) is 3. The SMILES string of the molecule is COc1sc(C(C)(C)C)nc1C. The highest BCUT2D eigenvalue weighted by atomic mass is 32.1. The van der Waals surface area contributed by atoms with Crippen LogP contribution >= 0.6 is 11.3 Å². The molecule has 0 aliphatic rings. The minimum absolute atomic E-state index is 0.131. The first-order chi connectivity index (χ1) is 5.45. The highest BCUT2D eigenvalue weighted by Gasteiger charge is 2.20. The molecule has 0 spiro atoms. The molecule has 0 atom stereocenters. The second-order valence-corrected chi connectivity index (χ2v) is 4.81. The number of rotatable bonds is 1. The molecule has 68 valence electrons. The molecule has 0 aromatic carbocycles. The Morgan fingerprint density at radius 1 is 1.33 bits per heavy atom. The van der Waals surface area contributed by atoms with Crippen molar-refractivity contribution in [3.8, 4) is 5.06 Å². The fourth-order valence-electron chi connectivity index (χ4n) is 0.893. The summed E-state index contributed by atoms with van der Waals surface area (Å²) in [7, 11) is 1.69. The van der Waals surface area contributed by atoms with Crippen LogP contribution < -0.4 is 4.74 Å². The smallest absolute Gasteiger partial charge is 0.196 e. The highest BCUT2D eigenvalue weighted by Crippen LogP contribution is 2.33. The van der Waals surface area contributed by atoms with Crippen LogP contribution in [0.3, 0.4) is 0 Å². The molecule has 0 saturated heterocycles. The number of ether oxygens (including phenoxy) is 1. The van der Waals surface area contributed by atoms with E-state index in [0.29, 0.717) is 0 Å². The van der Waals surface area contributed by atoms with Crippen LogP contribution in [0.5, 0.6) is 5.06 Å². The van der Waals surface area contributed by atoms with Gasteiger partial charge in [0.05, 0.1) is 12.8 Å². The van der Waals surface area contributed by atoms with Crippen LogP contribution in [-0.2, 0) is 5.41 Å². The maximum Gasteiger partial charge on any atom is 0.196 e. The van der Waals surface area contributed by atoms with E-state index in [9.17, 15) is 0 Å². The molecular weight excluding hydrogens is 170 g/mol. The van der Waals surface area contributed by atoms with Gasteiger partial charge in [-0.25, -0.2) is 4.98 Å². The number of hydrogen-bond donors (Lipinski definition) is 0. The van der Waals surface area contributed by atoms with Gasteiger partial charge in [-0.1, -0.05) is 32.1 Å². The summed E-state index contributed by atoms with van der Waals surface area (Å²) in [6.07, 6.45) is 0. The Bertz CT molecular complexity index is 273. The molecule has 1 rings (SSSR count). The van der Waals surface area contributed by atoms with E-state index >= 15 is 0 Å². The third-order valence-corrected chi connectivity index (χ3v) is 3.13. The number of thiazole rings is 1. The summed E-state index contributed by atoms with van der Waals surface area (Å²) in [6, 6.07) is 0. The molecule has 1 aromatic heterocycles. The van der Waals surface area contributed by atoms with Crippen molar-refractivity contribution in [1.29, 1.82) is 0 Å². The van der Waals surface area contributed by atoms with E-state index in [1.807, 2.05) is 6.92 Å². The van der Waals surface area contributed by atoms with E-state index in [4.69, 9.17) is 4.74 Å². The standard InChI is InChI=1S/C9H15NOS/c1-6-7(11-5)12-8(10-6)9(2,3)4/h1-5H3. The van der Waals surface area contributed by atoms with Crippen molar-refractivity contribution in [3.05, 3.63) is 10.7 Å². The molecule has 0 bridgehead atoms. The molecule has 0 radical (unpaired) electrons. The molecule has 12 heavy (non-hydrogen) atoms. The summed E-state index contributed by atoms with van der Waals surface area (Å²) < 4.78 is 5.18. The third-order valence-electron chi connectivity index (χ3n) is 1.58. The van der Waals surface area contributed by atoms with Crippen molar-refractivity contribution < 1.29 is 4.74 Å². The Hall–Kier alpha value is -0.570. The van der Waals surface area contributed by atoms with Crippen molar-refractivity contribution in [2.75, 3.05) is 7.11 Å². The van der Waals surface area contributed by atoms with Gasteiger partial charge in [0, 0.05) is 5.41 Å². The molecule has 3 heteroatoms. The molecule has 0 unspecified atom stereocenters. The quantitative estimate of drug-likeness (QED) is 0.671. The molecule has 0 fully saturated rings. The zero-order valence-electron chi connectivity index (χ0n) is 8.26. The summed E-state index contributed by atoms with van der Waals surface area (Å²) in [5.41, 5.74) is 1.12. The highest BCUT2D eigenvalue weighted by molar-refractivity contribution is 7.13. The van der Waals surface area contributed by atoms with Gasteiger partial charge in [0.15, 0.2) is 5.06 Å². The predicted molar refractivity (Wildman–Crippen MR) is 52.1 cm³/mol. The van der Waals surface area contributed by atoms with Crippen molar-refractivity contribution in [3.63, 3.8) is 0 Å². The summed E-state index contributed by atoms with van der Waals surface area (Å²) in [4.78, 5) is 4.45. The lowest BCUT2D eigenvalue weighted by Gasteiger charge is -2.13. The third kappa shape index (κ3) is 1.78. The van der Waals surface area contributed by atoms with Crippen molar-refractivity contribution in [2.24, 2.45) is 0 Å². The van der Waals surface area contributed by atoms with Crippen molar-refractivity contribution in [1.82, 2.24) is 4.98 Å². The van der Waals surface area contributed by atoms with E-state index in [1.165, 1.54) is 0 Å². The zero-order valence-corrected chi connectivity index (χ0v) is 9.08. The first-order valence-corrected chi connectivity index (χ1v) is 4.78. The van der Waals surface area contributed by atoms with Gasteiger partial charge in [-0.2, -0.15) is 0 Å². The average molecular weight is 185 g/mol. The largest absolute Gasteiger partial charge is 0.486 e. The molecule has 2 nitrogen and oxygen atoms in total. The summed E-state index contributed by atoms with van der Waals surface area (Å²) >= 11 is 1.63. The Balaban J connectivity index is 3.05. The van der Waals surface area contributed by atoms with Crippen LogP contribution in [-0.4, -0.2) is 12.1 Å². The normalized spacial score (nSPS) is 11.8. The van der Waals surface area contributed by atoms with Gasteiger partial charge in [0.2, 0.25) is 0 Å². The molecule has 0 aliphatic heterocycles. The maximum absolute atomic E-state index is 5.18. The molecule has 0 N–H and O–H groups in total. The second kappa shape index (κ2) is 3.05. The van der Waals surface area contributed by atoms with Gasteiger partial charge in [0.1, 0.15) is 5.01 Å². The fraction of sp³-hybridized carbons (Fsp3) is 0.667. The van der Waals surface area contributed by atoms with Crippen LogP contribution in [0.15, 0.2) is 0 Å². The molecule has 0 amide bonds. The Morgan fingerprint density at radius 2 is 1.92 bits per heavy atom. The average Bonchev–Trinajstić information content (AvgIpc) is 2.29. The monoisotopic (exact) mass is 185 g/mol. The second-order valence-electron chi connectivity index (χ2n) is 3.85. The van der Waals surface area contributed by atoms with Gasteiger partial charge in [-0.3, -0.25) is 0 Å². The topological polar surface area (TPSA) is 22.1 Å². The lowest BCUT2D eigenvalue weighted by atomic mass is 9.98. The maximum atomic E-state index is 5.18. The van der Waals surface area contributed by atoms with Crippen LogP contribution in [0.4, 0.5) is 0 Å². The van der Waals surface area contributed by atoms with Gasteiger partial charge < -0.3 is 4.74 Å². The van der Waals surface area contributed by atoms with Crippen LogP contribution in [0, 0.1) is 6.92 Å². The number of methoxy groups -OCH3 is 1. The minimum atomic E-state index is 0.131. The predicted octanol–water partition coefficient (Wildman–Crippen LogP) is 2.76. The van der Waals surface area contributed by atoms with E-state index in [0.717, 1.165) is 15.8 Å². The molecule has 1 aromatic rings. The van der Waals surface area contributed by atoms with E-state index in [2.05, 4.69) is 25.8 Å². The Morgan fingerprint density at radius 3 is 2.17 bits per heavy atom. The van der Waals surface area contributed by atoms with Gasteiger partial charge in [-0.15, -0.1) is 0 Å². The van der Waals surface area contributed by atoms with Crippen molar-refractivity contribution in [2.45, 2.75) is 33.1 Å². The Kier molecular flexibility index (Phi) is 2.42. The van der Waals surface area contributed by atoms with E-state index in [1.54, 1.807) is 18.4 Å². The van der Waals surface area contributed by atoms with E-state index in [-0.39, 0.29) is 5.41 Å². The van der Waals surface area contributed by atoms with Crippen molar-refractivity contribution >= 4 is 11.3 Å². The number of aromatic nitrogens is 1. The minimum Gasteiger partial charge on any atom is -0.486 e. The van der Waals surface area contributed by atoms with Crippen LogP contribution in [0.1, 0.15) is 31.5 Å². The first-order valence-electron chi connectivity index (χ1n) is 3.97. The first kappa shape index (κ1) is 9.52. The molecule has 0 saturated carbocycles. The number of aryl methyl sites for hydroxylation is 1. The summed E-state index contributed by atoms with van der Waals surface area (Å²) in [6.45, 7) is 8.45. The number of nitrogens with zero attached hydrogens (tertiary/aromatic N) is 1.